The monoisotopic (exact) mass is 311 g/mol. The quantitative estimate of drug-likeness (QED) is 0.323. The third-order valence-corrected chi connectivity index (χ3v) is 4.35. The highest BCUT2D eigenvalue weighted by Crippen LogP contribution is 2.08. The largest absolute Gasteiger partial charge is 0.411 e. The van der Waals surface area contributed by atoms with Crippen LogP contribution in [0.1, 0.15) is 13.3 Å². The second-order valence-corrected chi connectivity index (χ2v) is 9.19. The lowest BCUT2D eigenvalue weighted by Crippen LogP contribution is -2.38. The molecule has 3 N–H and O–H groups in total. The third kappa shape index (κ3) is 9.79. The number of carbonyl (C=O) groups excluding carboxylic acids is 1. The van der Waals surface area contributed by atoms with Crippen molar-refractivity contribution >= 4 is 24.6 Å². The fourth-order valence-electron chi connectivity index (χ4n) is 1.42. The lowest BCUT2D eigenvalue weighted by Gasteiger charge is -2.23. The summed E-state index contributed by atoms with van der Waals surface area (Å²) in [6, 6.07) is 0.179. The van der Waals surface area contributed by atoms with E-state index in [9.17, 15) is 22.8 Å². The van der Waals surface area contributed by atoms with Gasteiger partial charge in [0.2, 0.25) is 5.91 Å². The fourth-order valence-corrected chi connectivity index (χ4v) is 2.69. The van der Waals surface area contributed by atoms with Crippen molar-refractivity contribution in [3.05, 3.63) is 12.2 Å². The molecule has 0 heterocycles. The van der Waals surface area contributed by atoms with Gasteiger partial charge < -0.3 is 14.5 Å². The zero-order chi connectivity index (χ0) is 15.3. The molecule has 0 saturated heterocycles. The summed E-state index contributed by atoms with van der Waals surface area (Å²) in [5, 5.41) is 0. The summed E-state index contributed by atoms with van der Waals surface area (Å²) in [4.78, 5) is 31.5. The van der Waals surface area contributed by atoms with E-state index >= 15 is 0 Å². The van der Waals surface area contributed by atoms with Gasteiger partial charge in [-0.25, -0.2) is 0 Å². The lowest BCUT2D eigenvalue weighted by molar-refractivity contribution is -0.126. The van der Waals surface area contributed by atoms with Crippen LogP contribution in [0, 0.1) is 0 Å². The van der Waals surface area contributed by atoms with Gasteiger partial charge in [0.25, 0.3) is 10.1 Å². The van der Waals surface area contributed by atoms with E-state index in [-0.39, 0.29) is 24.7 Å². The van der Waals surface area contributed by atoms with Gasteiger partial charge in [0, 0.05) is 18.7 Å². The molecule has 112 valence electrons. The molecule has 0 aliphatic heterocycles. The van der Waals surface area contributed by atoms with E-state index in [1.165, 1.54) is 18.4 Å². The molecule has 0 bridgehead atoms. The average molecular weight is 311 g/mol. The number of nitrogens with zero attached hydrogens (tertiary/aromatic N) is 1. The molecule has 19 heavy (non-hydrogen) atoms. The highest BCUT2D eigenvalue weighted by molar-refractivity contribution is 7.85. The maximum Gasteiger partial charge on any atom is 0.329 e. The van der Waals surface area contributed by atoms with Crippen molar-refractivity contribution in [2.75, 3.05) is 18.8 Å². The molecule has 9 heteroatoms. The molecular weight excluding hydrogens is 290 g/mol. The van der Waals surface area contributed by atoms with Gasteiger partial charge in [0.05, 0.1) is 5.75 Å². The van der Waals surface area contributed by atoms with E-state index in [1.807, 2.05) is 0 Å². The Labute approximate surface area is 114 Å². The summed E-state index contributed by atoms with van der Waals surface area (Å²) in [6.07, 6.45) is 0.347. The molecule has 0 radical (unpaired) electrons. The van der Waals surface area contributed by atoms with Crippen LogP contribution in [-0.4, -0.2) is 60.8 Å². The Balaban J connectivity index is 4.52. The summed E-state index contributed by atoms with van der Waals surface area (Å²) < 4.78 is 30.0. The highest BCUT2D eigenvalue weighted by atomic mass is 32.2. The van der Waals surface area contributed by atoms with Crippen molar-refractivity contribution in [3.63, 3.8) is 0 Å². The third-order valence-electron chi connectivity index (χ3n) is 2.35. The molecule has 0 saturated carbocycles. The van der Waals surface area contributed by atoms with Crippen molar-refractivity contribution in [1.82, 2.24) is 4.90 Å². The smallest absolute Gasteiger partial charge is 0.329 e. The number of carbonyl (C=O) groups is 1. The summed E-state index contributed by atoms with van der Waals surface area (Å²) >= 11 is 0. The van der Waals surface area contributed by atoms with Crippen LogP contribution in [-0.2, 0) is 14.9 Å². The number of rotatable bonds is 8. The lowest BCUT2D eigenvalue weighted by atomic mass is 10.3. The molecule has 1 amide bonds. The van der Waals surface area contributed by atoms with Crippen LogP contribution in [0.5, 0.6) is 0 Å². The van der Waals surface area contributed by atoms with Crippen molar-refractivity contribution < 1.29 is 27.4 Å². The minimum absolute atomic E-state index is 0.153. The van der Waals surface area contributed by atoms with Gasteiger partial charge in [-0.1, -0.05) is 6.58 Å². The van der Waals surface area contributed by atoms with Crippen molar-refractivity contribution in [3.8, 4) is 0 Å². The van der Waals surface area contributed by atoms with Gasteiger partial charge in [-0.05, 0) is 25.9 Å². The summed E-state index contributed by atoms with van der Waals surface area (Å²) in [5.74, 6) is -0.971. The van der Waals surface area contributed by atoms with Crippen molar-refractivity contribution in [2.24, 2.45) is 0 Å². The number of hydrogen-bond acceptors (Lipinski definition) is 5. The molecular formula is C10H21NO6SSi. The summed E-state index contributed by atoms with van der Waals surface area (Å²) in [7, 11) is -7.32. The molecule has 0 fully saturated rings. The first-order valence-electron chi connectivity index (χ1n) is 5.77. The minimum Gasteiger partial charge on any atom is -0.411 e. The Bertz CT molecular complexity index is 428. The van der Waals surface area contributed by atoms with E-state index in [4.69, 9.17) is 4.55 Å². The second-order valence-electron chi connectivity index (χ2n) is 4.68. The standard InChI is InChI=1S/C10H21NO6SSi/c1-9(2)10(12)11(6-7-18(13,14)15)5-4-8-19(3,16)17/h16-17H,1,4-8H2,2-3H3,(H,13,14,15). The second kappa shape index (κ2) is 7.15. The van der Waals surface area contributed by atoms with E-state index < -0.39 is 30.3 Å². The summed E-state index contributed by atoms with van der Waals surface area (Å²) in [6.45, 7) is 6.37. The van der Waals surface area contributed by atoms with Crippen LogP contribution < -0.4 is 0 Å². The predicted molar refractivity (Wildman–Crippen MR) is 73.3 cm³/mol. The predicted octanol–water partition coefficient (Wildman–Crippen LogP) is -0.274. The van der Waals surface area contributed by atoms with Crippen LogP contribution >= 0.6 is 0 Å². The molecule has 0 unspecified atom stereocenters. The fraction of sp³-hybridized carbons (Fsp3) is 0.700. The van der Waals surface area contributed by atoms with Gasteiger partial charge in [0.15, 0.2) is 0 Å². The van der Waals surface area contributed by atoms with E-state index in [0.29, 0.717) is 6.42 Å². The summed E-state index contributed by atoms with van der Waals surface area (Å²) in [5.41, 5.74) is 0.253. The van der Waals surface area contributed by atoms with E-state index in [2.05, 4.69) is 6.58 Å². The van der Waals surface area contributed by atoms with E-state index in [1.54, 1.807) is 0 Å². The zero-order valence-corrected chi connectivity index (χ0v) is 13.0. The Kier molecular flexibility index (Phi) is 6.87. The van der Waals surface area contributed by atoms with Gasteiger partial charge >= 0.3 is 8.56 Å². The van der Waals surface area contributed by atoms with Crippen LogP contribution in [0.15, 0.2) is 12.2 Å². The van der Waals surface area contributed by atoms with Crippen molar-refractivity contribution in [1.29, 1.82) is 0 Å². The molecule has 0 aromatic heterocycles. The molecule has 0 rings (SSSR count). The van der Waals surface area contributed by atoms with Crippen molar-refractivity contribution in [2.45, 2.75) is 25.9 Å². The molecule has 0 aromatic carbocycles. The first-order chi connectivity index (χ1) is 8.42. The normalized spacial score (nSPS) is 12.3. The zero-order valence-electron chi connectivity index (χ0n) is 11.2. The van der Waals surface area contributed by atoms with Crippen LogP contribution in [0.3, 0.4) is 0 Å². The average Bonchev–Trinajstić information content (AvgIpc) is 2.18. The Morgan fingerprint density at radius 3 is 2.21 bits per heavy atom. The van der Waals surface area contributed by atoms with Gasteiger partial charge in [-0.2, -0.15) is 8.42 Å². The van der Waals surface area contributed by atoms with Gasteiger partial charge in [-0.3, -0.25) is 9.35 Å². The number of hydrogen-bond donors (Lipinski definition) is 3. The maximum atomic E-state index is 11.8. The number of amides is 1. The minimum atomic E-state index is -4.15. The van der Waals surface area contributed by atoms with Gasteiger partial charge in [-0.15, -0.1) is 0 Å². The molecule has 0 spiro atoms. The van der Waals surface area contributed by atoms with Crippen LogP contribution in [0.25, 0.3) is 0 Å². The Hall–Kier alpha value is -0.743. The first-order valence-corrected chi connectivity index (χ1v) is 9.98. The topological polar surface area (TPSA) is 115 Å². The maximum absolute atomic E-state index is 11.8. The SMILES string of the molecule is C=C(C)C(=O)N(CCC[Si](C)(O)O)CCS(=O)(=O)O. The first kappa shape index (κ1) is 18.3. The molecule has 0 atom stereocenters. The highest BCUT2D eigenvalue weighted by Gasteiger charge is 2.22. The van der Waals surface area contributed by atoms with Crippen LogP contribution in [0.4, 0.5) is 0 Å². The van der Waals surface area contributed by atoms with E-state index in [0.717, 1.165) is 0 Å². The van der Waals surface area contributed by atoms with Gasteiger partial charge in [0.1, 0.15) is 0 Å². The molecule has 0 aliphatic carbocycles. The molecule has 0 aromatic rings. The Morgan fingerprint density at radius 1 is 1.32 bits per heavy atom. The Morgan fingerprint density at radius 2 is 1.84 bits per heavy atom. The molecule has 0 aliphatic rings. The van der Waals surface area contributed by atoms with Crippen LogP contribution in [0.2, 0.25) is 12.6 Å². The molecule has 7 nitrogen and oxygen atoms in total.